The molecule has 0 bridgehead atoms. The van der Waals surface area contributed by atoms with Crippen molar-refractivity contribution in [2.45, 2.75) is 26.7 Å². The van der Waals surface area contributed by atoms with Crippen molar-refractivity contribution in [2.75, 3.05) is 5.32 Å². The summed E-state index contributed by atoms with van der Waals surface area (Å²) in [6, 6.07) is 20.7. The third-order valence-corrected chi connectivity index (χ3v) is 4.73. The lowest BCUT2D eigenvalue weighted by Gasteiger charge is -2.13. The van der Waals surface area contributed by atoms with Gasteiger partial charge >= 0.3 is 0 Å². The van der Waals surface area contributed by atoms with E-state index in [1.54, 1.807) is 0 Å². The van der Waals surface area contributed by atoms with E-state index in [4.69, 9.17) is 0 Å². The van der Waals surface area contributed by atoms with Crippen molar-refractivity contribution in [2.24, 2.45) is 0 Å². The minimum Gasteiger partial charge on any atom is -0.341 e. The largest absolute Gasteiger partial charge is 0.341 e. The number of nitrogens with zero attached hydrogens (tertiary/aromatic N) is 3. The van der Waals surface area contributed by atoms with Gasteiger partial charge in [-0.25, -0.2) is 4.98 Å². The third kappa shape index (κ3) is 2.58. The molecule has 0 amide bonds. The summed E-state index contributed by atoms with van der Waals surface area (Å²) >= 11 is 0. The molecule has 128 valence electrons. The highest BCUT2D eigenvalue weighted by Crippen LogP contribution is 2.28. The minimum absolute atomic E-state index is 0.505. The van der Waals surface area contributed by atoms with Gasteiger partial charge in [-0.3, -0.25) is 4.40 Å². The molecule has 0 aliphatic carbocycles. The predicted molar refractivity (Wildman–Crippen MR) is 106 cm³/mol. The fraction of sp³-hybridized carbons (Fsp3) is 0.182. The second-order valence-corrected chi connectivity index (χ2v) is 6.86. The second kappa shape index (κ2) is 6.20. The first-order valence-corrected chi connectivity index (χ1v) is 8.76. The molecule has 0 radical (unpaired) electrons. The van der Waals surface area contributed by atoms with Gasteiger partial charge in [0.2, 0.25) is 0 Å². The van der Waals surface area contributed by atoms with Gasteiger partial charge in [0.05, 0.1) is 16.6 Å². The van der Waals surface area contributed by atoms with Gasteiger partial charge in [-0.05, 0) is 54.3 Å². The highest BCUT2D eigenvalue weighted by Gasteiger charge is 2.15. The average molecular weight is 340 g/mol. The number of hydrogen-bond donors (Lipinski definition) is 1. The van der Waals surface area contributed by atoms with Crippen LogP contribution in [0.25, 0.3) is 16.7 Å². The molecule has 0 fully saturated rings. The maximum Gasteiger partial charge on any atom is 0.157 e. The van der Waals surface area contributed by atoms with E-state index < -0.39 is 0 Å². The van der Waals surface area contributed by atoms with Crippen molar-refractivity contribution in [1.29, 1.82) is 5.26 Å². The Morgan fingerprint density at radius 3 is 2.50 bits per heavy atom. The molecule has 0 atom stereocenters. The number of pyridine rings is 1. The van der Waals surface area contributed by atoms with Crippen molar-refractivity contribution in [3.63, 3.8) is 0 Å². The number of nitrogens with one attached hydrogen (secondary N) is 1. The van der Waals surface area contributed by atoms with Gasteiger partial charge in [0.1, 0.15) is 11.9 Å². The zero-order valence-electron chi connectivity index (χ0n) is 15.1. The molecule has 4 rings (SSSR count). The quantitative estimate of drug-likeness (QED) is 0.533. The number of aromatic nitrogens is 2. The molecule has 2 aromatic carbocycles. The fourth-order valence-corrected chi connectivity index (χ4v) is 3.29. The monoisotopic (exact) mass is 340 g/mol. The van der Waals surface area contributed by atoms with Crippen LogP contribution < -0.4 is 5.32 Å². The molecule has 0 aliphatic heterocycles. The van der Waals surface area contributed by atoms with Crippen molar-refractivity contribution in [3.8, 4) is 6.07 Å². The summed E-state index contributed by atoms with van der Waals surface area (Å²) in [7, 11) is 0. The molecule has 2 aromatic heterocycles. The van der Waals surface area contributed by atoms with Gasteiger partial charge in [0.15, 0.2) is 5.65 Å². The number of para-hydroxylation sites is 2. The van der Waals surface area contributed by atoms with Crippen LogP contribution in [0.15, 0.2) is 54.6 Å². The third-order valence-electron chi connectivity index (χ3n) is 4.73. The van der Waals surface area contributed by atoms with E-state index in [2.05, 4.69) is 54.5 Å². The number of benzene rings is 2. The van der Waals surface area contributed by atoms with Gasteiger partial charge < -0.3 is 5.32 Å². The summed E-state index contributed by atoms with van der Waals surface area (Å²) in [4.78, 5) is 4.69. The molecule has 2 heterocycles. The van der Waals surface area contributed by atoms with Gasteiger partial charge in [0.25, 0.3) is 0 Å². The highest BCUT2D eigenvalue weighted by molar-refractivity contribution is 5.85. The Morgan fingerprint density at radius 2 is 1.81 bits per heavy atom. The highest BCUT2D eigenvalue weighted by atomic mass is 15.1. The summed E-state index contributed by atoms with van der Waals surface area (Å²) in [6.45, 7) is 6.33. The molecule has 0 unspecified atom stereocenters. The van der Waals surface area contributed by atoms with Crippen LogP contribution in [-0.2, 0) is 0 Å². The van der Waals surface area contributed by atoms with Crippen LogP contribution in [0.5, 0.6) is 0 Å². The van der Waals surface area contributed by atoms with Gasteiger partial charge in [-0.2, -0.15) is 5.26 Å². The Morgan fingerprint density at radius 1 is 1.08 bits per heavy atom. The maximum atomic E-state index is 9.58. The molecular formula is C22H20N4. The number of nitriles is 1. The Kier molecular flexibility index (Phi) is 3.85. The molecule has 0 saturated heterocycles. The fourth-order valence-electron chi connectivity index (χ4n) is 3.29. The molecular weight excluding hydrogens is 320 g/mol. The van der Waals surface area contributed by atoms with Crippen molar-refractivity contribution in [1.82, 2.24) is 9.38 Å². The van der Waals surface area contributed by atoms with Crippen molar-refractivity contribution < 1.29 is 0 Å². The molecule has 4 aromatic rings. The second-order valence-electron chi connectivity index (χ2n) is 6.86. The Labute approximate surface area is 152 Å². The summed E-state index contributed by atoms with van der Waals surface area (Å²) in [6.07, 6.45) is 0. The zero-order chi connectivity index (χ0) is 18.3. The van der Waals surface area contributed by atoms with E-state index in [-0.39, 0.29) is 0 Å². The number of aryl methyl sites for hydroxylation is 1. The lowest BCUT2D eigenvalue weighted by atomic mass is 10.0. The Bertz CT molecular complexity index is 1140. The first-order valence-electron chi connectivity index (χ1n) is 8.76. The van der Waals surface area contributed by atoms with Crippen LogP contribution in [0.3, 0.4) is 0 Å². The van der Waals surface area contributed by atoms with Crippen LogP contribution in [-0.4, -0.2) is 9.38 Å². The SMILES string of the molecule is Cc1cc(Nc2ccc(C(C)C)cc2)n2c(nc3ccccc32)c1C#N. The van der Waals surface area contributed by atoms with E-state index in [1.165, 1.54) is 5.56 Å². The number of hydrogen-bond acceptors (Lipinski definition) is 3. The average Bonchev–Trinajstić information content (AvgIpc) is 3.01. The Hall–Kier alpha value is -3.32. The summed E-state index contributed by atoms with van der Waals surface area (Å²) in [5, 5.41) is 13.1. The smallest absolute Gasteiger partial charge is 0.157 e. The van der Waals surface area contributed by atoms with E-state index >= 15 is 0 Å². The van der Waals surface area contributed by atoms with Crippen LogP contribution in [0.4, 0.5) is 11.5 Å². The number of imidazole rings is 1. The van der Waals surface area contributed by atoms with Crippen molar-refractivity contribution >= 4 is 28.2 Å². The lowest BCUT2D eigenvalue weighted by molar-refractivity contribution is 0.867. The molecule has 0 spiro atoms. The van der Waals surface area contributed by atoms with Crippen LogP contribution in [0.1, 0.15) is 36.5 Å². The van der Waals surface area contributed by atoms with Crippen LogP contribution in [0, 0.1) is 18.3 Å². The van der Waals surface area contributed by atoms with Gasteiger partial charge in [-0.1, -0.05) is 38.1 Å². The maximum absolute atomic E-state index is 9.58. The van der Waals surface area contributed by atoms with Gasteiger partial charge in [-0.15, -0.1) is 0 Å². The van der Waals surface area contributed by atoms with Crippen molar-refractivity contribution in [3.05, 3.63) is 71.3 Å². The number of fused-ring (bicyclic) bond motifs is 3. The first-order chi connectivity index (χ1) is 12.6. The van der Waals surface area contributed by atoms with E-state index in [0.29, 0.717) is 17.1 Å². The summed E-state index contributed by atoms with van der Waals surface area (Å²) in [5.74, 6) is 1.41. The van der Waals surface area contributed by atoms with Crippen LogP contribution in [0.2, 0.25) is 0 Å². The standard InChI is InChI=1S/C22H20N4/c1-14(2)16-8-10-17(11-9-16)24-21-12-15(3)18(13-23)22-25-19-6-4-5-7-20(19)26(21)22/h4-12,14,24H,1-3H3. The summed E-state index contributed by atoms with van der Waals surface area (Å²) in [5.41, 5.74) is 6.41. The Balaban J connectivity index is 1.90. The van der Waals surface area contributed by atoms with Crippen LogP contribution >= 0.6 is 0 Å². The molecule has 0 saturated carbocycles. The predicted octanol–water partition coefficient (Wildman–Crippen LogP) is 5.53. The first kappa shape index (κ1) is 16.2. The molecule has 4 nitrogen and oxygen atoms in total. The molecule has 0 aliphatic rings. The normalized spacial score (nSPS) is 11.2. The number of anilines is 2. The van der Waals surface area contributed by atoms with E-state index in [9.17, 15) is 5.26 Å². The number of rotatable bonds is 3. The topological polar surface area (TPSA) is 53.1 Å². The molecule has 1 N–H and O–H groups in total. The van der Waals surface area contributed by atoms with Gasteiger partial charge in [0, 0.05) is 5.69 Å². The minimum atomic E-state index is 0.505. The lowest BCUT2D eigenvalue weighted by Crippen LogP contribution is -2.02. The summed E-state index contributed by atoms with van der Waals surface area (Å²) < 4.78 is 2.03. The zero-order valence-corrected chi connectivity index (χ0v) is 15.1. The van der Waals surface area contributed by atoms with E-state index in [0.717, 1.165) is 28.1 Å². The molecule has 4 heteroatoms. The van der Waals surface area contributed by atoms with E-state index in [1.807, 2.05) is 41.7 Å². The molecule has 26 heavy (non-hydrogen) atoms.